The Kier molecular flexibility index (Phi) is 5.37. The monoisotopic (exact) mass is 323 g/mol. The Labute approximate surface area is 129 Å². The lowest BCUT2D eigenvalue weighted by Crippen LogP contribution is -2.36. The van der Waals surface area contributed by atoms with Crippen molar-refractivity contribution in [2.24, 2.45) is 0 Å². The summed E-state index contributed by atoms with van der Waals surface area (Å²) in [5.41, 5.74) is 0.357. The maximum atomic E-state index is 12.7. The van der Waals surface area contributed by atoms with E-state index in [1.54, 1.807) is 6.92 Å². The molecule has 0 aliphatic heterocycles. The predicted molar refractivity (Wildman–Crippen MR) is 80.4 cm³/mol. The third-order valence-electron chi connectivity index (χ3n) is 2.55. The molecule has 0 saturated heterocycles. The lowest BCUT2D eigenvalue weighted by Gasteiger charge is -2.07. The third kappa shape index (κ3) is 4.77. The summed E-state index contributed by atoms with van der Waals surface area (Å²) in [7, 11) is 0. The Morgan fingerprint density at radius 3 is 2.45 bits per heavy atom. The predicted octanol–water partition coefficient (Wildman–Crippen LogP) is 1.54. The molecule has 1 aromatic carbocycles. The Morgan fingerprint density at radius 1 is 1.14 bits per heavy atom. The number of hydrogen-bond donors (Lipinski definition) is 3. The highest BCUT2D eigenvalue weighted by atomic mass is 32.1. The largest absolute Gasteiger partial charge is 0.350 e. The summed E-state index contributed by atoms with van der Waals surface area (Å²) in [4.78, 5) is 23.3. The molecular formula is C13H14FN5O2S. The SMILES string of the molecule is Cc1nnc(NC(=O)NCCNC(=O)c2ccc(F)cc2)s1. The van der Waals surface area contributed by atoms with Gasteiger partial charge in [0.2, 0.25) is 5.13 Å². The molecule has 0 aliphatic rings. The number of hydrogen-bond acceptors (Lipinski definition) is 5. The summed E-state index contributed by atoms with van der Waals surface area (Å²) in [6.45, 7) is 2.28. The summed E-state index contributed by atoms with van der Waals surface area (Å²) < 4.78 is 12.7. The van der Waals surface area contributed by atoms with Crippen molar-refractivity contribution in [1.29, 1.82) is 0 Å². The van der Waals surface area contributed by atoms with E-state index >= 15 is 0 Å². The van der Waals surface area contributed by atoms with Crippen LogP contribution < -0.4 is 16.0 Å². The third-order valence-corrected chi connectivity index (χ3v) is 3.30. The van der Waals surface area contributed by atoms with Crippen LogP contribution in [-0.2, 0) is 0 Å². The van der Waals surface area contributed by atoms with Crippen LogP contribution in [-0.4, -0.2) is 35.2 Å². The average molecular weight is 323 g/mol. The fraction of sp³-hybridized carbons (Fsp3) is 0.231. The second-order valence-electron chi connectivity index (χ2n) is 4.27. The van der Waals surface area contributed by atoms with Gasteiger partial charge >= 0.3 is 6.03 Å². The first-order chi connectivity index (χ1) is 10.5. The quantitative estimate of drug-likeness (QED) is 0.727. The van der Waals surface area contributed by atoms with E-state index in [9.17, 15) is 14.0 Å². The molecule has 0 unspecified atom stereocenters. The van der Waals surface area contributed by atoms with Gasteiger partial charge in [-0.2, -0.15) is 0 Å². The molecule has 1 heterocycles. The van der Waals surface area contributed by atoms with Crippen LogP contribution in [0.2, 0.25) is 0 Å². The number of rotatable bonds is 5. The van der Waals surface area contributed by atoms with E-state index in [1.807, 2.05) is 0 Å². The second-order valence-corrected chi connectivity index (χ2v) is 5.45. The molecule has 0 atom stereocenters. The first-order valence-electron chi connectivity index (χ1n) is 6.43. The minimum atomic E-state index is -0.424. The number of urea groups is 1. The summed E-state index contributed by atoms with van der Waals surface area (Å²) in [5, 5.41) is 16.4. The van der Waals surface area contributed by atoms with E-state index in [2.05, 4.69) is 26.1 Å². The minimum Gasteiger partial charge on any atom is -0.350 e. The number of carbonyl (C=O) groups excluding carboxylic acids is 2. The van der Waals surface area contributed by atoms with Gasteiger partial charge in [0.05, 0.1) is 0 Å². The summed E-state index contributed by atoms with van der Waals surface area (Å²) >= 11 is 1.26. The lowest BCUT2D eigenvalue weighted by atomic mass is 10.2. The van der Waals surface area contributed by atoms with Crippen LogP contribution in [0.5, 0.6) is 0 Å². The van der Waals surface area contributed by atoms with Crippen LogP contribution in [0.25, 0.3) is 0 Å². The fourth-order valence-corrected chi connectivity index (χ4v) is 2.13. The van der Waals surface area contributed by atoms with Gasteiger partial charge in [-0.1, -0.05) is 11.3 Å². The average Bonchev–Trinajstić information content (AvgIpc) is 2.89. The van der Waals surface area contributed by atoms with E-state index < -0.39 is 11.8 Å². The second kappa shape index (κ2) is 7.46. The highest BCUT2D eigenvalue weighted by Gasteiger charge is 2.07. The van der Waals surface area contributed by atoms with Gasteiger partial charge in [0, 0.05) is 18.7 Å². The van der Waals surface area contributed by atoms with Crippen molar-refractivity contribution in [2.45, 2.75) is 6.92 Å². The van der Waals surface area contributed by atoms with Gasteiger partial charge in [-0.3, -0.25) is 10.1 Å². The van der Waals surface area contributed by atoms with Gasteiger partial charge in [-0.15, -0.1) is 10.2 Å². The molecule has 116 valence electrons. The molecule has 2 aromatic rings. The van der Waals surface area contributed by atoms with E-state index in [-0.39, 0.29) is 19.0 Å². The van der Waals surface area contributed by atoms with Crippen LogP contribution in [0.1, 0.15) is 15.4 Å². The van der Waals surface area contributed by atoms with Crippen LogP contribution >= 0.6 is 11.3 Å². The fourth-order valence-electron chi connectivity index (χ4n) is 1.54. The van der Waals surface area contributed by atoms with Crippen molar-refractivity contribution in [3.63, 3.8) is 0 Å². The molecule has 1 aromatic heterocycles. The molecule has 22 heavy (non-hydrogen) atoms. The van der Waals surface area contributed by atoms with Crippen LogP contribution in [0.3, 0.4) is 0 Å². The molecule has 0 saturated carbocycles. The minimum absolute atomic E-state index is 0.247. The number of nitrogens with zero attached hydrogens (tertiary/aromatic N) is 2. The van der Waals surface area contributed by atoms with Crippen molar-refractivity contribution in [2.75, 3.05) is 18.4 Å². The lowest BCUT2D eigenvalue weighted by molar-refractivity contribution is 0.0954. The molecular weight excluding hydrogens is 309 g/mol. The molecule has 9 heteroatoms. The van der Waals surface area contributed by atoms with Crippen molar-refractivity contribution in [3.05, 3.63) is 40.7 Å². The van der Waals surface area contributed by atoms with Crippen molar-refractivity contribution < 1.29 is 14.0 Å². The molecule has 3 N–H and O–H groups in total. The van der Waals surface area contributed by atoms with E-state index in [1.165, 1.54) is 35.6 Å². The van der Waals surface area contributed by atoms with Gasteiger partial charge in [-0.05, 0) is 31.2 Å². The maximum absolute atomic E-state index is 12.7. The van der Waals surface area contributed by atoms with Gasteiger partial charge in [-0.25, -0.2) is 9.18 Å². The highest BCUT2D eigenvalue weighted by molar-refractivity contribution is 7.15. The topological polar surface area (TPSA) is 96.0 Å². The Balaban J connectivity index is 1.67. The van der Waals surface area contributed by atoms with Gasteiger partial charge in [0.1, 0.15) is 10.8 Å². The number of nitrogens with one attached hydrogen (secondary N) is 3. The molecule has 0 spiro atoms. The molecule has 3 amide bonds. The standard InChI is InChI=1S/C13H14FN5O2S/c1-8-18-19-13(22-8)17-12(21)16-7-6-15-11(20)9-2-4-10(14)5-3-9/h2-5H,6-7H2,1H3,(H,15,20)(H2,16,17,19,21). The van der Waals surface area contributed by atoms with Crippen LogP contribution in [0.15, 0.2) is 24.3 Å². The smallest absolute Gasteiger partial charge is 0.321 e. The van der Waals surface area contributed by atoms with E-state index in [4.69, 9.17) is 0 Å². The van der Waals surface area contributed by atoms with Crippen LogP contribution in [0, 0.1) is 12.7 Å². The summed E-state index contributed by atoms with van der Waals surface area (Å²) in [6, 6.07) is 4.78. The zero-order chi connectivity index (χ0) is 15.9. The number of aromatic nitrogens is 2. The van der Waals surface area contributed by atoms with Gasteiger partial charge < -0.3 is 10.6 Å². The van der Waals surface area contributed by atoms with Crippen molar-refractivity contribution in [1.82, 2.24) is 20.8 Å². The number of aryl methyl sites for hydroxylation is 1. The maximum Gasteiger partial charge on any atom is 0.321 e. The number of amides is 3. The Hall–Kier alpha value is -2.55. The first kappa shape index (κ1) is 15.8. The molecule has 2 rings (SSSR count). The van der Waals surface area contributed by atoms with Gasteiger partial charge in [0.25, 0.3) is 5.91 Å². The van der Waals surface area contributed by atoms with Crippen LogP contribution in [0.4, 0.5) is 14.3 Å². The Bertz CT molecular complexity index is 659. The van der Waals surface area contributed by atoms with E-state index in [0.29, 0.717) is 10.7 Å². The number of benzene rings is 1. The molecule has 0 radical (unpaired) electrons. The highest BCUT2D eigenvalue weighted by Crippen LogP contribution is 2.12. The molecule has 0 aliphatic carbocycles. The zero-order valence-corrected chi connectivity index (χ0v) is 12.5. The summed E-state index contributed by atoms with van der Waals surface area (Å²) in [6.07, 6.45) is 0. The molecule has 0 bridgehead atoms. The number of anilines is 1. The Morgan fingerprint density at radius 2 is 1.82 bits per heavy atom. The first-order valence-corrected chi connectivity index (χ1v) is 7.25. The molecule has 7 nitrogen and oxygen atoms in total. The molecule has 0 fully saturated rings. The van der Waals surface area contributed by atoms with Crippen molar-refractivity contribution >= 4 is 28.4 Å². The normalized spacial score (nSPS) is 10.1. The number of carbonyl (C=O) groups is 2. The number of halogens is 1. The zero-order valence-electron chi connectivity index (χ0n) is 11.7. The summed E-state index contributed by atoms with van der Waals surface area (Å²) in [5.74, 6) is -0.733. The van der Waals surface area contributed by atoms with Crippen molar-refractivity contribution in [3.8, 4) is 0 Å². The van der Waals surface area contributed by atoms with E-state index in [0.717, 1.165) is 5.01 Å². The van der Waals surface area contributed by atoms with Gasteiger partial charge in [0.15, 0.2) is 0 Å².